The van der Waals surface area contributed by atoms with Gasteiger partial charge in [0.1, 0.15) is 12.7 Å². The third-order valence-electron chi connectivity index (χ3n) is 1.72. The molecule has 0 atom stereocenters. The Balaban J connectivity index is 2.40. The van der Waals surface area contributed by atoms with E-state index in [0.29, 0.717) is 0 Å². The molecule has 0 N–H and O–H groups in total. The zero-order chi connectivity index (χ0) is 9.10. The van der Waals surface area contributed by atoms with E-state index in [1.807, 2.05) is 24.3 Å². The van der Waals surface area contributed by atoms with Gasteiger partial charge in [0.05, 0.1) is 5.69 Å². The molecule has 0 aliphatic carbocycles. The van der Waals surface area contributed by atoms with Crippen LogP contribution in [0.4, 0.5) is 0 Å². The summed E-state index contributed by atoms with van der Waals surface area (Å²) in [7, 11) is 0. The van der Waals surface area contributed by atoms with Crippen molar-refractivity contribution < 1.29 is 0 Å². The lowest BCUT2D eigenvalue weighted by Crippen LogP contribution is -1.93. The van der Waals surface area contributed by atoms with Crippen molar-refractivity contribution in [3.05, 3.63) is 42.5 Å². The van der Waals surface area contributed by atoms with Gasteiger partial charge in [-0.2, -0.15) is 5.10 Å². The monoisotopic (exact) mass is 169 g/mol. The molecular formula is C10H7N3. The number of rotatable bonds is 1. The van der Waals surface area contributed by atoms with Crippen LogP contribution in [0.3, 0.4) is 0 Å². The lowest BCUT2D eigenvalue weighted by Gasteiger charge is -1.98. The first-order valence-electron chi connectivity index (χ1n) is 3.82. The molecule has 0 aliphatic heterocycles. The molecule has 1 aromatic heterocycles. The maximum atomic E-state index is 5.23. The van der Waals surface area contributed by atoms with Crippen LogP contribution in [0.25, 0.3) is 5.69 Å². The summed E-state index contributed by atoms with van der Waals surface area (Å²) in [5.74, 6) is 2.55. The van der Waals surface area contributed by atoms with E-state index in [-0.39, 0.29) is 0 Å². The van der Waals surface area contributed by atoms with Crippen molar-refractivity contribution in [3.63, 3.8) is 0 Å². The van der Waals surface area contributed by atoms with Crippen molar-refractivity contribution in [1.82, 2.24) is 14.8 Å². The van der Waals surface area contributed by atoms with Gasteiger partial charge in [0.15, 0.2) is 0 Å². The highest BCUT2D eigenvalue weighted by molar-refractivity contribution is 5.39. The molecule has 3 nitrogen and oxygen atoms in total. The molecule has 2 aromatic rings. The van der Waals surface area contributed by atoms with Gasteiger partial charge >= 0.3 is 0 Å². The molecule has 1 aromatic carbocycles. The smallest absolute Gasteiger partial charge is 0.138 e. The zero-order valence-corrected chi connectivity index (χ0v) is 6.88. The third-order valence-corrected chi connectivity index (χ3v) is 1.72. The fourth-order valence-corrected chi connectivity index (χ4v) is 1.05. The molecule has 13 heavy (non-hydrogen) atoms. The van der Waals surface area contributed by atoms with Crippen LogP contribution in [0, 0.1) is 12.3 Å². The van der Waals surface area contributed by atoms with E-state index in [0.717, 1.165) is 11.3 Å². The van der Waals surface area contributed by atoms with E-state index in [1.165, 1.54) is 6.33 Å². The topological polar surface area (TPSA) is 30.7 Å². The lowest BCUT2D eigenvalue weighted by atomic mass is 10.2. The van der Waals surface area contributed by atoms with Crippen molar-refractivity contribution >= 4 is 0 Å². The Kier molecular flexibility index (Phi) is 1.81. The van der Waals surface area contributed by atoms with Crippen molar-refractivity contribution in [3.8, 4) is 18.0 Å². The highest BCUT2D eigenvalue weighted by atomic mass is 15.3. The second-order valence-corrected chi connectivity index (χ2v) is 2.53. The van der Waals surface area contributed by atoms with Gasteiger partial charge in [-0.1, -0.05) is 5.92 Å². The molecule has 0 bridgehead atoms. The molecular weight excluding hydrogens is 162 g/mol. The predicted molar refractivity (Wildman–Crippen MR) is 49.3 cm³/mol. The molecule has 0 fully saturated rings. The van der Waals surface area contributed by atoms with Gasteiger partial charge < -0.3 is 0 Å². The van der Waals surface area contributed by atoms with Gasteiger partial charge in [-0.25, -0.2) is 9.67 Å². The van der Waals surface area contributed by atoms with Crippen molar-refractivity contribution in [2.75, 3.05) is 0 Å². The van der Waals surface area contributed by atoms with E-state index >= 15 is 0 Å². The lowest BCUT2D eigenvalue weighted by molar-refractivity contribution is 0.879. The number of benzene rings is 1. The Hall–Kier alpha value is -2.08. The van der Waals surface area contributed by atoms with Crippen LogP contribution in [-0.4, -0.2) is 14.8 Å². The minimum Gasteiger partial charge on any atom is -0.223 e. The summed E-state index contributed by atoms with van der Waals surface area (Å²) in [6.07, 6.45) is 8.37. The van der Waals surface area contributed by atoms with Gasteiger partial charge in [-0.05, 0) is 24.3 Å². The van der Waals surface area contributed by atoms with Crippen LogP contribution in [0.1, 0.15) is 5.56 Å². The first-order chi connectivity index (χ1) is 6.40. The normalized spacial score (nSPS) is 9.46. The minimum absolute atomic E-state index is 0.865. The fourth-order valence-electron chi connectivity index (χ4n) is 1.05. The van der Waals surface area contributed by atoms with E-state index in [1.54, 1.807) is 11.0 Å². The molecule has 0 saturated carbocycles. The van der Waals surface area contributed by atoms with Crippen molar-refractivity contribution in [1.29, 1.82) is 0 Å². The summed E-state index contributed by atoms with van der Waals surface area (Å²) in [6.45, 7) is 0. The summed E-state index contributed by atoms with van der Waals surface area (Å²) in [5.41, 5.74) is 1.82. The molecule has 62 valence electrons. The van der Waals surface area contributed by atoms with E-state index < -0.39 is 0 Å². The second kappa shape index (κ2) is 3.11. The third kappa shape index (κ3) is 1.42. The molecule has 0 unspecified atom stereocenters. The average Bonchev–Trinajstić information content (AvgIpc) is 2.71. The van der Waals surface area contributed by atoms with Crippen molar-refractivity contribution in [2.24, 2.45) is 0 Å². The molecule has 0 radical (unpaired) electrons. The van der Waals surface area contributed by atoms with Gasteiger partial charge in [0, 0.05) is 5.56 Å². The summed E-state index contributed by atoms with van der Waals surface area (Å²) in [5, 5.41) is 4.00. The van der Waals surface area contributed by atoms with Gasteiger partial charge in [-0.3, -0.25) is 0 Å². The molecule has 2 rings (SSSR count). The molecule has 1 heterocycles. The minimum atomic E-state index is 0.865. The van der Waals surface area contributed by atoms with Gasteiger partial charge in [0.2, 0.25) is 0 Å². The standard InChI is InChI=1S/C10H7N3/c1-2-9-3-5-10(6-4-9)13-8-11-7-12-13/h1,3-8H. The molecule has 0 amide bonds. The zero-order valence-electron chi connectivity index (χ0n) is 6.88. The maximum absolute atomic E-state index is 5.23. The average molecular weight is 169 g/mol. The van der Waals surface area contributed by atoms with E-state index in [4.69, 9.17) is 6.42 Å². The number of hydrogen-bond acceptors (Lipinski definition) is 2. The number of aromatic nitrogens is 3. The summed E-state index contributed by atoms with van der Waals surface area (Å²) in [4.78, 5) is 3.85. The van der Waals surface area contributed by atoms with Crippen LogP contribution in [0.5, 0.6) is 0 Å². The maximum Gasteiger partial charge on any atom is 0.138 e. The van der Waals surface area contributed by atoms with Crippen LogP contribution in [0.2, 0.25) is 0 Å². The first-order valence-corrected chi connectivity index (χ1v) is 3.82. The highest BCUT2D eigenvalue weighted by Crippen LogP contribution is 2.06. The largest absolute Gasteiger partial charge is 0.223 e. The summed E-state index contributed by atoms with van der Waals surface area (Å²) < 4.78 is 1.68. The first kappa shape index (κ1) is 7.56. The van der Waals surface area contributed by atoms with Gasteiger partial charge in [-0.15, -0.1) is 6.42 Å². The Labute approximate surface area is 76.0 Å². The number of terminal acetylenes is 1. The van der Waals surface area contributed by atoms with Crippen LogP contribution >= 0.6 is 0 Å². The van der Waals surface area contributed by atoms with E-state index in [9.17, 15) is 0 Å². The van der Waals surface area contributed by atoms with Gasteiger partial charge in [0.25, 0.3) is 0 Å². The Morgan fingerprint density at radius 3 is 2.54 bits per heavy atom. The Morgan fingerprint density at radius 1 is 1.23 bits per heavy atom. The van der Waals surface area contributed by atoms with Crippen LogP contribution < -0.4 is 0 Å². The molecule has 0 aliphatic rings. The molecule has 0 spiro atoms. The van der Waals surface area contributed by atoms with Crippen LogP contribution in [0.15, 0.2) is 36.9 Å². The second-order valence-electron chi connectivity index (χ2n) is 2.53. The van der Waals surface area contributed by atoms with E-state index in [2.05, 4.69) is 16.0 Å². The quantitative estimate of drug-likeness (QED) is 0.601. The summed E-state index contributed by atoms with van der Waals surface area (Å²) in [6, 6.07) is 7.56. The van der Waals surface area contributed by atoms with Crippen LogP contribution in [-0.2, 0) is 0 Å². The molecule has 3 heteroatoms. The number of hydrogen-bond donors (Lipinski definition) is 0. The fraction of sp³-hybridized carbons (Fsp3) is 0. The Morgan fingerprint density at radius 2 is 2.00 bits per heavy atom. The predicted octanol–water partition coefficient (Wildman–Crippen LogP) is 1.25. The SMILES string of the molecule is C#Cc1ccc(-n2cncn2)cc1. The Bertz CT molecular complexity index is 420. The summed E-state index contributed by atoms with van der Waals surface area (Å²) >= 11 is 0. The van der Waals surface area contributed by atoms with Crippen molar-refractivity contribution in [2.45, 2.75) is 0 Å². The molecule has 0 saturated heterocycles. The highest BCUT2D eigenvalue weighted by Gasteiger charge is 1.94. The number of nitrogens with zero attached hydrogens (tertiary/aromatic N) is 3.